The molecule has 5 rings (SSSR count). The van der Waals surface area contributed by atoms with Crippen LogP contribution < -0.4 is 15.5 Å². The molecule has 0 radical (unpaired) electrons. The van der Waals surface area contributed by atoms with Gasteiger partial charge in [0.05, 0.1) is 26.2 Å². The second-order valence-electron chi connectivity index (χ2n) is 12.2. The minimum atomic E-state index is -1.02. The molecule has 1 aromatic heterocycles. The van der Waals surface area contributed by atoms with Crippen LogP contribution in [0.3, 0.4) is 0 Å². The van der Waals surface area contributed by atoms with Crippen molar-refractivity contribution in [2.45, 2.75) is 89.4 Å². The third-order valence-corrected chi connectivity index (χ3v) is 9.05. The maximum Gasteiger partial charge on any atom is 0.511 e. The number of aromatic nitrogens is 1. The van der Waals surface area contributed by atoms with Crippen LogP contribution in [0.1, 0.15) is 97.7 Å². The van der Waals surface area contributed by atoms with Crippen LogP contribution in [0.25, 0.3) is 0 Å². The van der Waals surface area contributed by atoms with Gasteiger partial charge in [-0.25, -0.2) is 13.6 Å². The molecular formula is C33H40F2N4O9. The molecule has 1 saturated heterocycles. The molecule has 0 aliphatic carbocycles. The number of oxime groups is 1. The summed E-state index contributed by atoms with van der Waals surface area (Å²) in [6, 6.07) is 2.01. The Morgan fingerprint density at radius 2 is 1.94 bits per heavy atom. The van der Waals surface area contributed by atoms with Gasteiger partial charge in [0.15, 0.2) is 11.3 Å². The summed E-state index contributed by atoms with van der Waals surface area (Å²) < 4.78 is 50.4. The molecule has 4 heterocycles. The number of amides is 2. The molecule has 1 fully saturated rings. The monoisotopic (exact) mass is 674 g/mol. The summed E-state index contributed by atoms with van der Waals surface area (Å²) in [4.78, 5) is 61.2. The summed E-state index contributed by atoms with van der Waals surface area (Å²) in [5.74, 6) is -3.25. The quantitative estimate of drug-likeness (QED) is 0.190. The van der Waals surface area contributed by atoms with Crippen LogP contribution in [0.15, 0.2) is 34.3 Å². The van der Waals surface area contributed by atoms with E-state index in [1.54, 1.807) is 4.90 Å². The van der Waals surface area contributed by atoms with Crippen molar-refractivity contribution in [3.05, 3.63) is 63.1 Å². The zero-order chi connectivity index (χ0) is 34.4. The van der Waals surface area contributed by atoms with E-state index in [9.17, 15) is 28.0 Å². The summed E-state index contributed by atoms with van der Waals surface area (Å²) in [5, 5.41) is 6.58. The molecule has 13 nitrogen and oxygen atoms in total. The maximum atomic E-state index is 14.3. The molecule has 3 aliphatic heterocycles. The van der Waals surface area contributed by atoms with Gasteiger partial charge in [0, 0.05) is 37.0 Å². The Labute approximate surface area is 276 Å². The molecule has 1 spiro atoms. The summed E-state index contributed by atoms with van der Waals surface area (Å²) in [7, 11) is 1.47. The molecule has 0 saturated carbocycles. The van der Waals surface area contributed by atoms with E-state index >= 15 is 0 Å². The van der Waals surface area contributed by atoms with Gasteiger partial charge in [-0.1, -0.05) is 43.8 Å². The summed E-state index contributed by atoms with van der Waals surface area (Å²) >= 11 is 0. The molecular weight excluding hydrogens is 634 g/mol. The molecule has 1 N–H and O–H groups in total. The van der Waals surface area contributed by atoms with E-state index in [-0.39, 0.29) is 43.4 Å². The number of ether oxygens (including phenoxy) is 4. The highest BCUT2D eigenvalue weighted by Gasteiger charge is 2.55. The van der Waals surface area contributed by atoms with Crippen molar-refractivity contribution in [3.63, 3.8) is 0 Å². The van der Waals surface area contributed by atoms with E-state index in [0.717, 1.165) is 31.7 Å². The van der Waals surface area contributed by atoms with Crippen molar-refractivity contribution in [1.29, 1.82) is 0 Å². The zero-order valence-electron chi connectivity index (χ0n) is 27.2. The number of hydrogen-bond acceptors (Lipinski definition) is 10. The highest BCUT2D eigenvalue weighted by Crippen LogP contribution is 2.46. The van der Waals surface area contributed by atoms with Gasteiger partial charge < -0.3 is 38.6 Å². The molecule has 2 amide bonds. The van der Waals surface area contributed by atoms with Gasteiger partial charge in [0.2, 0.25) is 23.9 Å². The van der Waals surface area contributed by atoms with Crippen LogP contribution in [0, 0.1) is 11.6 Å². The third kappa shape index (κ3) is 7.24. The zero-order valence-corrected chi connectivity index (χ0v) is 27.2. The Kier molecular flexibility index (Phi) is 10.8. The van der Waals surface area contributed by atoms with E-state index in [1.807, 2.05) is 6.92 Å². The second-order valence-corrected chi connectivity index (χ2v) is 12.2. The van der Waals surface area contributed by atoms with Crippen molar-refractivity contribution < 1.29 is 46.9 Å². The van der Waals surface area contributed by atoms with Gasteiger partial charge in [-0.3, -0.25) is 14.4 Å². The van der Waals surface area contributed by atoms with E-state index in [2.05, 4.69) is 17.4 Å². The fraction of sp³-hybridized carbons (Fsp3) is 0.545. The average Bonchev–Trinajstić information content (AvgIpc) is 3.45. The number of nitrogens with one attached hydrogen (secondary N) is 1. The number of carbonyl (C=O) groups excluding carboxylic acids is 3. The Balaban J connectivity index is 1.46. The number of fused-ring (bicyclic) bond motifs is 5. The van der Waals surface area contributed by atoms with E-state index in [0.29, 0.717) is 31.2 Å². The van der Waals surface area contributed by atoms with Gasteiger partial charge in [-0.15, -0.1) is 0 Å². The molecule has 15 heteroatoms. The fourth-order valence-corrected chi connectivity index (χ4v) is 6.29. The predicted octanol–water partition coefficient (Wildman–Crippen LogP) is 4.81. The van der Waals surface area contributed by atoms with Crippen LogP contribution in [0.2, 0.25) is 0 Å². The number of hydrogen-bond donors (Lipinski definition) is 1. The highest BCUT2D eigenvalue weighted by atomic mass is 19.1. The average molecular weight is 675 g/mol. The first-order valence-corrected chi connectivity index (χ1v) is 16.1. The van der Waals surface area contributed by atoms with E-state index in [4.69, 9.17) is 23.8 Å². The van der Waals surface area contributed by atoms with Crippen molar-refractivity contribution in [2.24, 2.45) is 5.16 Å². The van der Waals surface area contributed by atoms with Crippen molar-refractivity contribution in [2.75, 3.05) is 27.1 Å². The lowest BCUT2D eigenvalue weighted by Gasteiger charge is -2.42. The van der Waals surface area contributed by atoms with E-state index < -0.39 is 64.8 Å². The molecule has 3 atom stereocenters. The number of carbonyl (C=O) groups is 3. The van der Waals surface area contributed by atoms with Gasteiger partial charge in [0.1, 0.15) is 17.2 Å². The first-order chi connectivity index (χ1) is 23.1. The Morgan fingerprint density at radius 1 is 1.15 bits per heavy atom. The van der Waals surface area contributed by atoms with E-state index in [1.165, 1.54) is 23.9 Å². The highest BCUT2D eigenvalue weighted by molar-refractivity contribution is 5.99. The minimum absolute atomic E-state index is 0.0114. The van der Waals surface area contributed by atoms with Crippen LogP contribution in [-0.2, 0) is 25.6 Å². The fourth-order valence-electron chi connectivity index (χ4n) is 6.29. The first-order valence-electron chi connectivity index (χ1n) is 16.1. The lowest BCUT2D eigenvalue weighted by molar-refractivity contribution is -0.0658. The number of methoxy groups -OCH3 is 1. The number of rotatable bonds is 12. The summed E-state index contributed by atoms with van der Waals surface area (Å²) in [6.07, 6.45) is 6.25. The Hall–Kier alpha value is -4.69. The number of unbranched alkanes of at least 4 members (excludes halogenated alkanes) is 4. The smallest absolute Gasteiger partial charge is 0.482 e. The van der Waals surface area contributed by atoms with Crippen LogP contribution in [0.4, 0.5) is 13.6 Å². The molecule has 3 aliphatic rings. The molecule has 48 heavy (non-hydrogen) atoms. The maximum absolute atomic E-state index is 14.3. The largest absolute Gasteiger partial charge is 0.511 e. The number of pyridine rings is 1. The third-order valence-electron chi connectivity index (χ3n) is 9.05. The number of benzene rings is 1. The minimum Gasteiger partial charge on any atom is -0.482 e. The van der Waals surface area contributed by atoms with Crippen molar-refractivity contribution in [1.82, 2.24) is 14.8 Å². The van der Waals surface area contributed by atoms with Crippen molar-refractivity contribution >= 4 is 23.9 Å². The standard InChI is InChI=1S/C33H40F2N4O9/c1-4-5-6-7-8-13-45-32(43)47-19-46-29-27-31(42)38-18-25(33(12-11-20(38)2)15-26(44-3)37-48-33)39(27)17-23(28(29)40)30(41)36-16-21-9-10-22(34)14-24(21)35/h9-10,14,17,20,25H,4-8,11-13,15-16,18-19H2,1-3H3,(H,36,41)/t20-,25+,33-/m0/s1. The molecule has 2 aromatic rings. The normalized spacial score (nSPS) is 21.1. The summed E-state index contributed by atoms with van der Waals surface area (Å²) in [6.45, 7) is 3.15. The number of halogens is 2. The van der Waals surface area contributed by atoms with Crippen LogP contribution in [0.5, 0.6) is 5.75 Å². The number of nitrogens with zero attached hydrogens (tertiary/aromatic N) is 3. The molecule has 2 bridgehead atoms. The Bertz CT molecular complexity index is 1630. The lowest BCUT2D eigenvalue weighted by atomic mass is 9.85. The van der Waals surface area contributed by atoms with Crippen molar-refractivity contribution in [3.8, 4) is 5.75 Å². The second kappa shape index (κ2) is 15.0. The summed E-state index contributed by atoms with van der Waals surface area (Å²) in [5.41, 5.74) is -2.54. The van der Waals surface area contributed by atoms with Gasteiger partial charge >= 0.3 is 6.16 Å². The van der Waals surface area contributed by atoms with Gasteiger partial charge in [-0.2, -0.15) is 0 Å². The van der Waals surface area contributed by atoms with Gasteiger partial charge in [-0.05, 0) is 32.3 Å². The Morgan fingerprint density at radius 3 is 2.67 bits per heavy atom. The van der Waals surface area contributed by atoms with Crippen LogP contribution in [-0.4, -0.2) is 72.0 Å². The molecule has 260 valence electrons. The van der Waals surface area contributed by atoms with Crippen LogP contribution >= 0.6 is 0 Å². The van der Waals surface area contributed by atoms with Gasteiger partial charge in [0.25, 0.3) is 11.8 Å². The molecule has 0 unspecified atom stereocenters. The lowest BCUT2D eigenvalue weighted by Crippen LogP contribution is -2.52. The first kappa shape index (κ1) is 34.6. The SMILES string of the molecule is CCCCCCCOC(=O)OCOc1c2n(cc(C(=O)NCc3ccc(F)cc3F)c1=O)[C@@H]1CN(C2=O)[C@@H](C)CC[C@]12CC(OC)=NO2. The molecule has 1 aromatic carbocycles. The topological polar surface area (TPSA) is 147 Å². The predicted molar refractivity (Wildman–Crippen MR) is 167 cm³/mol.